The SMILES string of the molecule is Cc1cc2nc(-c3ccc4cc5c(C)c(-c6nc7cc(C)c(C)cc7s6)ccc5cc4c3C)oc2cc1C. The van der Waals surface area contributed by atoms with E-state index in [1.165, 1.54) is 65.2 Å². The molecule has 3 nitrogen and oxygen atoms in total. The van der Waals surface area contributed by atoms with E-state index in [1.54, 1.807) is 11.3 Å². The highest BCUT2D eigenvalue weighted by Gasteiger charge is 2.16. The van der Waals surface area contributed by atoms with Gasteiger partial charge in [0.25, 0.3) is 0 Å². The van der Waals surface area contributed by atoms with Gasteiger partial charge in [-0.2, -0.15) is 0 Å². The molecule has 0 bridgehead atoms. The van der Waals surface area contributed by atoms with Crippen LogP contribution in [0.2, 0.25) is 0 Å². The van der Waals surface area contributed by atoms with Gasteiger partial charge in [0.15, 0.2) is 5.58 Å². The third kappa shape index (κ3) is 3.48. The fourth-order valence-corrected chi connectivity index (χ4v) is 6.63. The average Bonchev–Trinajstić information content (AvgIpc) is 3.48. The van der Waals surface area contributed by atoms with Crippen LogP contribution in [-0.2, 0) is 0 Å². The number of hydrogen-bond acceptors (Lipinski definition) is 4. The molecule has 0 aliphatic heterocycles. The second-order valence-electron chi connectivity index (χ2n) is 10.6. The average molecular weight is 513 g/mol. The van der Waals surface area contributed by atoms with Crippen molar-refractivity contribution < 1.29 is 4.42 Å². The summed E-state index contributed by atoms with van der Waals surface area (Å²) in [7, 11) is 0. The highest BCUT2D eigenvalue weighted by Crippen LogP contribution is 2.39. The summed E-state index contributed by atoms with van der Waals surface area (Å²) >= 11 is 1.78. The number of nitrogens with zero attached hydrogens (tertiary/aromatic N) is 2. The van der Waals surface area contributed by atoms with Crippen LogP contribution >= 0.6 is 11.3 Å². The fraction of sp³-hybridized carbons (Fsp3) is 0.176. The van der Waals surface area contributed by atoms with Crippen molar-refractivity contribution in [3.05, 3.63) is 94.0 Å². The number of benzene rings is 5. The monoisotopic (exact) mass is 512 g/mol. The van der Waals surface area contributed by atoms with Gasteiger partial charge in [0.05, 0.1) is 10.2 Å². The Morgan fingerprint density at radius 2 is 1.16 bits per heavy atom. The first-order valence-electron chi connectivity index (χ1n) is 13.0. The number of hydrogen-bond donors (Lipinski definition) is 0. The molecule has 0 N–H and O–H groups in total. The maximum Gasteiger partial charge on any atom is 0.227 e. The Hall–Kier alpha value is -4.02. The lowest BCUT2D eigenvalue weighted by molar-refractivity contribution is 0.619. The largest absolute Gasteiger partial charge is 0.436 e. The van der Waals surface area contributed by atoms with Crippen molar-refractivity contribution in [2.24, 2.45) is 0 Å². The lowest BCUT2D eigenvalue weighted by Crippen LogP contribution is -1.89. The van der Waals surface area contributed by atoms with Gasteiger partial charge in [-0.25, -0.2) is 9.97 Å². The molecule has 5 aromatic carbocycles. The molecule has 0 fully saturated rings. The molecule has 0 amide bonds. The standard InChI is InChI=1S/C34H28N2OS/c1-17-11-29-31(13-19(17)3)37-33(35-29)25-9-7-23-16-28-22(6)26(10-8-24(28)15-27(23)21(25)5)34-36-30-12-18(2)20(4)14-32(30)38-34/h7-16H,1-6H3. The van der Waals surface area contributed by atoms with Gasteiger partial charge in [-0.15, -0.1) is 11.3 Å². The summed E-state index contributed by atoms with van der Waals surface area (Å²) in [4.78, 5) is 9.83. The molecular weight excluding hydrogens is 484 g/mol. The minimum absolute atomic E-state index is 0.678. The fourth-order valence-electron chi connectivity index (χ4n) is 5.50. The van der Waals surface area contributed by atoms with Crippen LogP contribution in [0.3, 0.4) is 0 Å². The predicted molar refractivity (Wildman–Crippen MR) is 161 cm³/mol. The maximum atomic E-state index is 6.21. The van der Waals surface area contributed by atoms with Gasteiger partial charge in [-0.05, 0) is 139 Å². The minimum atomic E-state index is 0.678. The molecule has 38 heavy (non-hydrogen) atoms. The number of oxazole rings is 1. The van der Waals surface area contributed by atoms with Crippen LogP contribution in [0.15, 0.2) is 65.1 Å². The molecule has 2 aromatic heterocycles. The van der Waals surface area contributed by atoms with Crippen molar-refractivity contribution >= 4 is 54.2 Å². The van der Waals surface area contributed by atoms with Crippen LogP contribution in [-0.4, -0.2) is 9.97 Å². The molecule has 0 spiro atoms. The minimum Gasteiger partial charge on any atom is -0.436 e. The van der Waals surface area contributed by atoms with E-state index in [2.05, 4.69) is 102 Å². The van der Waals surface area contributed by atoms with Gasteiger partial charge < -0.3 is 4.42 Å². The topological polar surface area (TPSA) is 38.9 Å². The van der Waals surface area contributed by atoms with Crippen LogP contribution in [0.25, 0.3) is 64.9 Å². The van der Waals surface area contributed by atoms with Crippen molar-refractivity contribution in [3.63, 3.8) is 0 Å². The Bertz CT molecular complexity index is 1860. The molecular formula is C34H28N2OS. The van der Waals surface area contributed by atoms with Crippen molar-refractivity contribution in [2.75, 3.05) is 0 Å². The Labute approximate surface area is 225 Å². The normalized spacial score (nSPS) is 11.9. The van der Waals surface area contributed by atoms with Crippen LogP contribution in [0.1, 0.15) is 33.4 Å². The number of fused-ring (bicyclic) bond motifs is 4. The van der Waals surface area contributed by atoms with Crippen molar-refractivity contribution in [2.45, 2.75) is 41.5 Å². The van der Waals surface area contributed by atoms with E-state index < -0.39 is 0 Å². The first-order valence-corrected chi connectivity index (χ1v) is 13.8. The lowest BCUT2D eigenvalue weighted by Gasteiger charge is -2.12. The number of aryl methyl sites for hydroxylation is 6. The highest BCUT2D eigenvalue weighted by atomic mass is 32.1. The summed E-state index contributed by atoms with van der Waals surface area (Å²) in [6, 6.07) is 22.1. The first-order chi connectivity index (χ1) is 18.3. The second kappa shape index (κ2) is 8.24. The third-order valence-corrected chi connectivity index (χ3v) is 9.22. The Morgan fingerprint density at radius 3 is 1.87 bits per heavy atom. The molecule has 186 valence electrons. The molecule has 0 radical (unpaired) electrons. The van der Waals surface area contributed by atoms with E-state index in [-0.39, 0.29) is 0 Å². The lowest BCUT2D eigenvalue weighted by atomic mass is 9.93. The number of aromatic nitrogens is 2. The molecule has 4 heteroatoms. The zero-order chi connectivity index (χ0) is 26.3. The maximum absolute atomic E-state index is 6.21. The summed E-state index contributed by atoms with van der Waals surface area (Å²) in [6.45, 7) is 12.9. The van der Waals surface area contributed by atoms with E-state index in [4.69, 9.17) is 14.4 Å². The highest BCUT2D eigenvalue weighted by molar-refractivity contribution is 7.21. The molecule has 0 aliphatic carbocycles. The molecule has 7 aromatic rings. The molecule has 2 heterocycles. The molecule has 0 unspecified atom stereocenters. The van der Waals surface area contributed by atoms with E-state index in [0.29, 0.717) is 5.89 Å². The third-order valence-electron chi connectivity index (χ3n) is 8.17. The van der Waals surface area contributed by atoms with Gasteiger partial charge in [-0.1, -0.05) is 18.2 Å². The zero-order valence-corrected chi connectivity index (χ0v) is 23.3. The summed E-state index contributed by atoms with van der Waals surface area (Å²) in [5.74, 6) is 0.678. The van der Waals surface area contributed by atoms with Gasteiger partial charge in [0.2, 0.25) is 5.89 Å². The van der Waals surface area contributed by atoms with Gasteiger partial charge in [-0.3, -0.25) is 0 Å². The zero-order valence-electron chi connectivity index (χ0n) is 22.5. The predicted octanol–water partition coefficient (Wildman–Crippen LogP) is 9.93. The van der Waals surface area contributed by atoms with Crippen molar-refractivity contribution in [3.8, 4) is 22.0 Å². The molecule has 0 saturated carbocycles. The Kier molecular flexibility index (Phi) is 5.01. The summed E-state index contributed by atoms with van der Waals surface area (Å²) in [5, 5.41) is 6.02. The van der Waals surface area contributed by atoms with Gasteiger partial charge in [0.1, 0.15) is 10.5 Å². The van der Waals surface area contributed by atoms with Crippen LogP contribution in [0.4, 0.5) is 0 Å². The summed E-state index contributed by atoms with van der Waals surface area (Å²) in [6.07, 6.45) is 0. The Balaban J connectivity index is 1.36. The molecule has 0 atom stereocenters. The van der Waals surface area contributed by atoms with Crippen LogP contribution in [0.5, 0.6) is 0 Å². The van der Waals surface area contributed by atoms with E-state index in [1.807, 2.05) is 0 Å². The quantitative estimate of drug-likeness (QED) is 0.216. The second-order valence-corrected chi connectivity index (χ2v) is 11.6. The van der Waals surface area contributed by atoms with E-state index in [0.717, 1.165) is 27.2 Å². The summed E-state index contributed by atoms with van der Waals surface area (Å²) in [5.41, 5.74) is 12.6. The van der Waals surface area contributed by atoms with Crippen LogP contribution in [0, 0.1) is 41.5 Å². The van der Waals surface area contributed by atoms with Crippen molar-refractivity contribution in [1.82, 2.24) is 9.97 Å². The molecule has 0 saturated heterocycles. The Morgan fingerprint density at radius 1 is 0.579 bits per heavy atom. The van der Waals surface area contributed by atoms with Gasteiger partial charge >= 0.3 is 0 Å². The first kappa shape index (κ1) is 23.1. The molecule has 0 aliphatic rings. The smallest absolute Gasteiger partial charge is 0.227 e. The van der Waals surface area contributed by atoms with E-state index in [9.17, 15) is 0 Å². The molecule has 7 rings (SSSR count). The number of rotatable bonds is 2. The number of thiazole rings is 1. The summed E-state index contributed by atoms with van der Waals surface area (Å²) < 4.78 is 7.46. The van der Waals surface area contributed by atoms with E-state index >= 15 is 0 Å². The van der Waals surface area contributed by atoms with Crippen molar-refractivity contribution in [1.29, 1.82) is 0 Å². The van der Waals surface area contributed by atoms with Gasteiger partial charge in [0, 0.05) is 11.1 Å². The van der Waals surface area contributed by atoms with Crippen LogP contribution < -0.4 is 0 Å².